The fourth-order valence-electron chi connectivity index (χ4n) is 4.13. The lowest BCUT2D eigenvalue weighted by molar-refractivity contribution is 0.252. The molecule has 1 atom stereocenters. The van der Waals surface area contributed by atoms with Crippen LogP contribution in [-0.4, -0.2) is 63.4 Å². The molecular formula is C24H35N3O3S2. The maximum atomic E-state index is 12.5. The lowest BCUT2D eigenvalue weighted by Crippen LogP contribution is -2.46. The second-order valence-electron chi connectivity index (χ2n) is 8.21. The van der Waals surface area contributed by atoms with Crippen molar-refractivity contribution in [3.8, 4) is 0 Å². The second-order valence-corrected chi connectivity index (χ2v) is 11.3. The van der Waals surface area contributed by atoms with Gasteiger partial charge in [0.25, 0.3) is 0 Å². The summed E-state index contributed by atoms with van der Waals surface area (Å²) < 4.78 is 39.5. The van der Waals surface area contributed by atoms with Gasteiger partial charge in [-0.2, -0.15) is 0 Å². The first-order chi connectivity index (χ1) is 15.4. The van der Waals surface area contributed by atoms with Crippen LogP contribution in [0.25, 0.3) is 0 Å². The molecule has 0 spiro atoms. The van der Waals surface area contributed by atoms with E-state index in [0.717, 1.165) is 64.0 Å². The van der Waals surface area contributed by atoms with Crippen LogP contribution in [0.3, 0.4) is 0 Å². The van der Waals surface area contributed by atoms with Gasteiger partial charge in [0.05, 0.1) is 0 Å². The quantitative estimate of drug-likeness (QED) is 0.397. The molecule has 1 N–H and O–H groups in total. The van der Waals surface area contributed by atoms with Crippen LogP contribution in [0.4, 0.5) is 5.69 Å². The molecule has 0 amide bonds. The summed E-state index contributed by atoms with van der Waals surface area (Å²) in [5.41, 5.74) is 2.28. The summed E-state index contributed by atoms with van der Waals surface area (Å²) in [4.78, 5) is 5.49. The average Bonchev–Trinajstić information content (AvgIpc) is 2.79. The fourth-order valence-corrected chi connectivity index (χ4v) is 6.59. The number of nitrogens with one attached hydrogen (secondary N) is 1. The number of sulfonamides is 1. The van der Waals surface area contributed by atoms with Crippen LogP contribution >= 0.6 is 0 Å². The predicted octanol–water partition coefficient (Wildman–Crippen LogP) is 3.26. The van der Waals surface area contributed by atoms with Crippen molar-refractivity contribution in [1.82, 2.24) is 9.62 Å². The van der Waals surface area contributed by atoms with Crippen LogP contribution in [0.1, 0.15) is 31.7 Å². The summed E-state index contributed by atoms with van der Waals surface area (Å²) in [6, 6.07) is 15.9. The third-order valence-corrected chi connectivity index (χ3v) is 8.57. The molecule has 1 unspecified atom stereocenters. The van der Waals surface area contributed by atoms with Gasteiger partial charge >= 0.3 is 0 Å². The molecule has 1 aliphatic rings. The van der Waals surface area contributed by atoms with E-state index >= 15 is 0 Å². The fraction of sp³-hybridized carbons (Fsp3) is 0.500. The van der Waals surface area contributed by atoms with Crippen molar-refractivity contribution in [1.29, 1.82) is 0 Å². The van der Waals surface area contributed by atoms with E-state index in [4.69, 9.17) is 0 Å². The molecule has 1 aliphatic heterocycles. The van der Waals surface area contributed by atoms with E-state index < -0.39 is 21.2 Å². The highest BCUT2D eigenvalue weighted by Gasteiger charge is 2.24. The van der Waals surface area contributed by atoms with Crippen molar-refractivity contribution in [2.75, 3.05) is 50.4 Å². The molecule has 0 saturated carbocycles. The molecule has 0 aromatic heterocycles. The molecule has 0 bridgehead atoms. The highest BCUT2D eigenvalue weighted by molar-refractivity contribution is 7.93. The van der Waals surface area contributed by atoms with Crippen LogP contribution in [0.2, 0.25) is 0 Å². The van der Waals surface area contributed by atoms with Crippen molar-refractivity contribution in [3.05, 3.63) is 54.1 Å². The molecule has 176 valence electrons. The standard InChI is InChI=1S/C24H35N3O3S2/c1-3-25-32(29,30)24-20-21(13-14-23(24)31(2)28)10-6-5-9-15-26-16-18-27(19-17-26)22-11-7-4-8-12-22/h4,7-8,11-14,20,25H,3,5-6,9-10,15-19H2,1-2H3. The molecule has 2 aromatic rings. The molecule has 1 fully saturated rings. The van der Waals surface area contributed by atoms with Gasteiger partial charge in [0, 0.05) is 38.4 Å². The van der Waals surface area contributed by atoms with Gasteiger partial charge in [-0.1, -0.05) is 37.6 Å². The number of aryl methyl sites for hydroxylation is 1. The second kappa shape index (κ2) is 12.0. The SMILES string of the molecule is CCNS(=O)(=O)c1cc(CCCCCN2CCN(c3ccccc3)CC2)ccc1[S+](C)[O-]. The Labute approximate surface area is 196 Å². The van der Waals surface area contributed by atoms with E-state index in [1.807, 2.05) is 6.07 Å². The third-order valence-electron chi connectivity index (χ3n) is 5.88. The van der Waals surface area contributed by atoms with Gasteiger partial charge in [0.2, 0.25) is 10.0 Å². The summed E-state index contributed by atoms with van der Waals surface area (Å²) in [7, 11) is -3.64. The van der Waals surface area contributed by atoms with Crippen LogP contribution in [0.15, 0.2) is 58.3 Å². The highest BCUT2D eigenvalue weighted by atomic mass is 32.2. The number of hydrogen-bond acceptors (Lipinski definition) is 5. The van der Waals surface area contributed by atoms with Gasteiger partial charge < -0.3 is 9.45 Å². The predicted molar refractivity (Wildman–Crippen MR) is 132 cm³/mol. The van der Waals surface area contributed by atoms with Crippen LogP contribution in [0, 0.1) is 0 Å². The summed E-state index contributed by atoms with van der Waals surface area (Å²) in [6.07, 6.45) is 5.60. The molecule has 0 aliphatic carbocycles. The molecular weight excluding hydrogens is 442 g/mol. The Morgan fingerprint density at radius 2 is 1.72 bits per heavy atom. The van der Waals surface area contributed by atoms with E-state index in [2.05, 4.69) is 44.9 Å². The van der Waals surface area contributed by atoms with Crippen LogP contribution < -0.4 is 9.62 Å². The summed E-state index contributed by atoms with van der Waals surface area (Å²) in [5.74, 6) is 0. The number of rotatable bonds is 11. The smallest absolute Gasteiger partial charge is 0.245 e. The minimum absolute atomic E-state index is 0.147. The number of nitrogens with zero attached hydrogens (tertiary/aromatic N) is 2. The zero-order chi connectivity index (χ0) is 23.0. The van der Waals surface area contributed by atoms with E-state index in [0.29, 0.717) is 11.4 Å². The lowest BCUT2D eigenvalue weighted by Gasteiger charge is -2.36. The molecule has 1 saturated heterocycles. The van der Waals surface area contributed by atoms with E-state index in [1.165, 1.54) is 11.9 Å². The first kappa shape index (κ1) is 25.1. The van der Waals surface area contributed by atoms with Gasteiger partial charge in [-0.3, -0.25) is 4.90 Å². The van der Waals surface area contributed by atoms with Gasteiger partial charge in [-0.25, -0.2) is 13.1 Å². The Kier molecular flexibility index (Phi) is 9.43. The number of benzene rings is 2. The number of hydrogen-bond donors (Lipinski definition) is 1. The summed E-state index contributed by atoms with van der Waals surface area (Å²) in [6.45, 7) is 7.48. The molecule has 6 nitrogen and oxygen atoms in total. The first-order valence-electron chi connectivity index (χ1n) is 11.4. The molecule has 1 heterocycles. The van der Waals surface area contributed by atoms with E-state index in [9.17, 15) is 13.0 Å². The first-order valence-corrected chi connectivity index (χ1v) is 14.4. The number of unbranched alkanes of at least 4 members (excludes halogenated alkanes) is 2. The van der Waals surface area contributed by atoms with Crippen LogP contribution in [-0.2, 0) is 27.6 Å². The van der Waals surface area contributed by atoms with Gasteiger partial charge in [0.1, 0.15) is 11.2 Å². The topological polar surface area (TPSA) is 75.7 Å². The molecule has 3 rings (SSSR count). The molecule has 8 heteroatoms. The normalized spacial score (nSPS) is 16.3. The van der Waals surface area contributed by atoms with Crippen molar-refractivity contribution >= 4 is 26.9 Å². The van der Waals surface area contributed by atoms with Gasteiger partial charge in [0.15, 0.2) is 4.90 Å². The Morgan fingerprint density at radius 1 is 1.00 bits per heavy atom. The monoisotopic (exact) mass is 477 g/mol. The van der Waals surface area contributed by atoms with Crippen LogP contribution in [0.5, 0.6) is 0 Å². The largest absolute Gasteiger partial charge is 0.612 e. The molecule has 2 aromatic carbocycles. The van der Waals surface area contributed by atoms with Gasteiger partial charge in [-0.05, 0) is 66.8 Å². The van der Waals surface area contributed by atoms with Crippen molar-refractivity contribution < 1.29 is 13.0 Å². The summed E-state index contributed by atoms with van der Waals surface area (Å²) in [5, 5.41) is 0. The van der Waals surface area contributed by atoms with E-state index in [-0.39, 0.29) is 4.90 Å². The Balaban J connectivity index is 1.43. The zero-order valence-corrected chi connectivity index (χ0v) is 20.8. The average molecular weight is 478 g/mol. The Bertz CT molecular complexity index is 944. The third kappa shape index (κ3) is 6.96. The zero-order valence-electron chi connectivity index (χ0n) is 19.1. The summed E-state index contributed by atoms with van der Waals surface area (Å²) >= 11 is -1.35. The minimum atomic E-state index is -3.64. The number of anilines is 1. The minimum Gasteiger partial charge on any atom is -0.612 e. The Morgan fingerprint density at radius 3 is 2.38 bits per heavy atom. The van der Waals surface area contributed by atoms with Crippen molar-refractivity contribution in [3.63, 3.8) is 0 Å². The maximum absolute atomic E-state index is 12.5. The van der Waals surface area contributed by atoms with Gasteiger partial charge in [-0.15, -0.1) is 0 Å². The van der Waals surface area contributed by atoms with Crippen molar-refractivity contribution in [2.24, 2.45) is 0 Å². The van der Waals surface area contributed by atoms with E-state index in [1.54, 1.807) is 19.1 Å². The number of piperazine rings is 1. The molecule has 32 heavy (non-hydrogen) atoms. The highest BCUT2D eigenvalue weighted by Crippen LogP contribution is 2.23. The Hall–Kier alpha value is -1.58. The number of para-hydroxylation sites is 1. The maximum Gasteiger partial charge on any atom is 0.245 e. The molecule has 0 radical (unpaired) electrons. The van der Waals surface area contributed by atoms with Crippen molar-refractivity contribution in [2.45, 2.75) is 42.4 Å². The lowest BCUT2D eigenvalue weighted by atomic mass is 10.1.